The number of hydrogen-bond acceptors (Lipinski definition) is 4. The first-order valence-electron chi connectivity index (χ1n) is 4.84. The van der Waals surface area contributed by atoms with E-state index in [4.69, 9.17) is 21.5 Å². The summed E-state index contributed by atoms with van der Waals surface area (Å²) >= 11 is 0. The summed E-state index contributed by atoms with van der Waals surface area (Å²) < 4.78 is 4.86. The lowest BCUT2D eigenvalue weighted by Crippen LogP contribution is -2.16. The van der Waals surface area contributed by atoms with Crippen LogP contribution in [0.5, 0.6) is 0 Å². The van der Waals surface area contributed by atoms with Gasteiger partial charge in [-0.1, -0.05) is 5.92 Å². The highest BCUT2D eigenvalue weighted by Gasteiger charge is 2.11. The number of aliphatic carboxylic acids is 1. The molecule has 0 aromatic rings. The van der Waals surface area contributed by atoms with E-state index in [1.165, 1.54) is 0 Å². The monoisotopic (exact) mass is 223 g/mol. The molecule has 1 N–H and O–H groups in total. The van der Waals surface area contributed by atoms with E-state index in [1.807, 2.05) is 6.07 Å². The SMILES string of the molecule is C#CC(CCC#N)OC(=O)CCCC(=O)O. The molecule has 0 rings (SSSR count). The van der Waals surface area contributed by atoms with Crippen LogP contribution in [0.4, 0.5) is 0 Å². The zero-order chi connectivity index (χ0) is 12.4. The highest BCUT2D eigenvalue weighted by Crippen LogP contribution is 2.05. The molecule has 0 spiro atoms. The zero-order valence-electron chi connectivity index (χ0n) is 8.81. The molecule has 0 aliphatic rings. The molecule has 0 aliphatic heterocycles. The molecular weight excluding hydrogens is 210 g/mol. The van der Waals surface area contributed by atoms with Crippen LogP contribution in [0.1, 0.15) is 32.1 Å². The summed E-state index contributed by atoms with van der Waals surface area (Å²) in [6.45, 7) is 0. The summed E-state index contributed by atoms with van der Waals surface area (Å²) in [4.78, 5) is 21.3. The first-order chi connectivity index (χ1) is 7.60. The molecule has 0 aromatic carbocycles. The van der Waals surface area contributed by atoms with Crippen LogP contribution < -0.4 is 0 Å². The second kappa shape index (κ2) is 8.31. The van der Waals surface area contributed by atoms with Gasteiger partial charge < -0.3 is 9.84 Å². The van der Waals surface area contributed by atoms with Gasteiger partial charge in [-0.05, 0) is 6.42 Å². The van der Waals surface area contributed by atoms with E-state index < -0.39 is 18.0 Å². The Morgan fingerprint density at radius 2 is 2.12 bits per heavy atom. The quantitative estimate of drug-likeness (QED) is 0.515. The third-order valence-electron chi connectivity index (χ3n) is 1.75. The number of carboxylic acids is 1. The highest BCUT2D eigenvalue weighted by atomic mass is 16.5. The van der Waals surface area contributed by atoms with Gasteiger partial charge in [-0.2, -0.15) is 5.26 Å². The van der Waals surface area contributed by atoms with Crippen molar-refractivity contribution < 1.29 is 19.4 Å². The Bertz CT molecular complexity index is 324. The number of esters is 1. The maximum absolute atomic E-state index is 11.2. The molecule has 0 saturated carbocycles. The fraction of sp³-hybridized carbons (Fsp3) is 0.545. The van der Waals surface area contributed by atoms with Crippen LogP contribution in [-0.4, -0.2) is 23.1 Å². The Hall–Kier alpha value is -2.01. The maximum atomic E-state index is 11.2. The van der Waals surface area contributed by atoms with Crippen LogP contribution in [0.3, 0.4) is 0 Å². The van der Waals surface area contributed by atoms with E-state index in [-0.39, 0.29) is 25.7 Å². The molecule has 16 heavy (non-hydrogen) atoms. The number of rotatable bonds is 7. The van der Waals surface area contributed by atoms with Crippen LogP contribution >= 0.6 is 0 Å². The van der Waals surface area contributed by atoms with Crippen LogP contribution in [0.15, 0.2) is 0 Å². The minimum atomic E-state index is -0.953. The third-order valence-corrected chi connectivity index (χ3v) is 1.75. The van der Waals surface area contributed by atoms with E-state index in [0.717, 1.165) is 0 Å². The molecule has 0 radical (unpaired) electrons. The minimum absolute atomic E-state index is 0.0248. The maximum Gasteiger partial charge on any atom is 0.307 e. The predicted octanol–water partition coefficient (Wildman–Crippen LogP) is 1.09. The molecule has 0 heterocycles. The summed E-state index contributed by atoms with van der Waals surface area (Å²) in [5.41, 5.74) is 0. The number of carbonyl (C=O) groups is 2. The first-order valence-corrected chi connectivity index (χ1v) is 4.84. The van der Waals surface area contributed by atoms with Crippen molar-refractivity contribution in [3.05, 3.63) is 0 Å². The molecule has 0 aliphatic carbocycles. The highest BCUT2D eigenvalue weighted by molar-refractivity contribution is 5.71. The van der Waals surface area contributed by atoms with Crippen LogP contribution in [0.25, 0.3) is 0 Å². The van der Waals surface area contributed by atoms with Crippen molar-refractivity contribution >= 4 is 11.9 Å². The Morgan fingerprint density at radius 3 is 2.62 bits per heavy atom. The molecule has 5 heteroatoms. The van der Waals surface area contributed by atoms with E-state index in [0.29, 0.717) is 6.42 Å². The van der Waals surface area contributed by atoms with Gasteiger partial charge in [0.05, 0.1) is 6.07 Å². The Labute approximate surface area is 94.0 Å². The number of ether oxygens (including phenoxy) is 1. The van der Waals surface area contributed by atoms with Gasteiger partial charge in [-0.25, -0.2) is 0 Å². The van der Waals surface area contributed by atoms with Crippen LogP contribution in [-0.2, 0) is 14.3 Å². The Kier molecular flexibility index (Phi) is 7.27. The molecule has 86 valence electrons. The van der Waals surface area contributed by atoms with Gasteiger partial charge in [-0.3, -0.25) is 9.59 Å². The summed E-state index contributed by atoms with van der Waals surface area (Å²) in [5, 5.41) is 16.7. The zero-order valence-corrected chi connectivity index (χ0v) is 8.81. The predicted molar refractivity (Wildman–Crippen MR) is 55.0 cm³/mol. The molecule has 1 unspecified atom stereocenters. The summed E-state index contributed by atoms with van der Waals surface area (Å²) in [6, 6.07) is 1.90. The van der Waals surface area contributed by atoms with Gasteiger partial charge in [0.1, 0.15) is 0 Å². The van der Waals surface area contributed by atoms with E-state index >= 15 is 0 Å². The van der Waals surface area contributed by atoms with Gasteiger partial charge >= 0.3 is 11.9 Å². The lowest BCUT2D eigenvalue weighted by Gasteiger charge is -2.10. The van der Waals surface area contributed by atoms with Gasteiger partial charge in [0, 0.05) is 25.7 Å². The summed E-state index contributed by atoms with van der Waals surface area (Å²) in [5.74, 6) is 0.778. The van der Waals surface area contributed by atoms with Crippen LogP contribution in [0, 0.1) is 23.7 Å². The molecule has 0 saturated heterocycles. The molecule has 0 fully saturated rings. The molecule has 5 nitrogen and oxygen atoms in total. The van der Waals surface area contributed by atoms with Crippen molar-refractivity contribution in [2.45, 2.75) is 38.2 Å². The van der Waals surface area contributed by atoms with E-state index in [1.54, 1.807) is 0 Å². The fourth-order valence-corrected chi connectivity index (χ4v) is 0.973. The van der Waals surface area contributed by atoms with Crippen molar-refractivity contribution in [2.24, 2.45) is 0 Å². The molecule has 1 atom stereocenters. The van der Waals surface area contributed by atoms with Crippen molar-refractivity contribution in [3.8, 4) is 18.4 Å². The van der Waals surface area contributed by atoms with Gasteiger partial charge in [0.25, 0.3) is 0 Å². The molecular formula is C11H13NO4. The summed E-state index contributed by atoms with van der Waals surface area (Å²) in [6.07, 6.45) is 5.11. The Morgan fingerprint density at radius 1 is 1.44 bits per heavy atom. The average molecular weight is 223 g/mol. The Balaban J connectivity index is 3.80. The lowest BCUT2D eigenvalue weighted by atomic mass is 10.2. The summed E-state index contributed by atoms with van der Waals surface area (Å²) in [7, 11) is 0. The average Bonchev–Trinajstić information content (AvgIpc) is 2.23. The van der Waals surface area contributed by atoms with Crippen molar-refractivity contribution in [1.82, 2.24) is 0 Å². The minimum Gasteiger partial charge on any atom is -0.481 e. The number of hydrogen-bond donors (Lipinski definition) is 1. The molecule has 0 amide bonds. The van der Waals surface area contributed by atoms with Gasteiger partial charge in [-0.15, -0.1) is 6.42 Å². The largest absolute Gasteiger partial charge is 0.481 e. The van der Waals surface area contributed by atoms with E-state index in [2.05, 4.69) is 5.92 Å². The smallest absolute Gasteiger partial charge is 0.307 e. The van der Waals surface area contributed by atoms with E-state index in [9.17, 15) is 9.59 Å². The number of carboxylic acid groups (broad SMARTS) is 1. The van der Waals surface area contributed by atoms with Gasteiger partial charge in [0.15, 0.2) is 6.10 Å². The second-order valence-corrected chi connectivity index (χ2v) is 3.09. The van der Waals surface area contributed by atoms with Crippen molar-refractivity contribution in [1.29, 1.82) is 5.26 Å². The standard InChI is InChI=1S/C11H13NO4/c1-2-9(5-4-8-12)16-11(15)7-3-6-10(13)14/h1,9H,3-7H2,(H,13,14). The first kappa shape index (κ1) is 14.0. The fourth-order valence-electron chi connectivity index (χ4n) is 0.973. The number of terminal acetylenes is 1. The second-order valence-electron chi connectivity index (χ2n) is 3.09. The van der Waals surface area contributed by atoms with Crippen molar-refractivity contribution in [2.75, 3.05) is 0 Å². The number of nitriles is 1. The lowest BCUT2D eigenvalue weighted by molar-refractivity contribution is -0.147. The van der Waals surface area contributed by atoms with Crippen molar-refractivity contribution in [3.63, 3.8) is 0 Å². The topological polar surface area (TPSA) is 87.4 Å². The van der Waals surface area contributed by atoms with Crippen LogP contribution in [0.2, 0.25) is 0 Å². The number of nitrogens with zero attached hydrogens (tertiary/aromatic N) is 1. The number of carbonyl (C=O) groups excluding carboxylic acids is 1. The molecule has 0 aromatic heterocycles. The van der Waals surface area contributed by atoms with Gasteiger partial charge in [0.2, 0.25) is 0 Å². The normalized spacial score (nSPS) is 10.9. The molecule has 0 bridgehead atoms. The third kappa shape index (κ3) is 7.40.